The predicted molar refractivity (Wildman–Crippen MR) is 120 cm³/mol. The molecule has 2 aromatic rings. The molecule has 0 saturated heterocycles. The Hall–Kier alpha value is -2.32. The zero-order valence-electron chi connectivity index (χ0n) is 18.4. The number of nitrogens with zero attached hydrogens (tertiary/aromatic N) is 3. The third kappa shape index (κ3) is 5.89. The summed E-state index contributed by atoms with van der Waals surface area (Å²) < 4.78 is 16.6. The van der Waals surface area contributed by atoms with Gasteiger partial charge < -0.3 is 24.1 Å². The lowest BCUT2D eigenvalue weighted by molar-refractivity contribution is 0.0779. The van der Waals surface area contributed by atoms with Crippen LogP contribution in [-0.2, 0) is 27.0 Å². The van der Waals surface area contributed by atoms with Crippen LogP contribution in [0.25, 0.3) is 0 Å². The maximum Gasteiger partial charge on any atom is 0.322 e. The molecule has 8 nitrogen and oxygen atoms in total. The van der Waals surface area contributed by atoms with Gasteiger partial charge in [-0.15, -0.1) is 21.9 Å². The fraction of sp³-hybridized carbons (Fsp3) is 0.476. The second kappa shape index (κ2) is 9.87. The lowest BCUT2D eigenvalue weighted by Gasteiger charge is -2.20. The summed E-state index contributed by atoms with van der Waals surface area (Å²) in [5, 5.41) is 32.0. The number of aliphatic hydroxyl groups excluding tert-OH is 1. The van der Waals surface area contributed by atoms with Crippen LogP contribution in [0.2, 0.25) is 0 Å². The van der Waals surface area contributed by atoms with Crippen molar-refractivity contribution in [3.63, 3.8) is 0 Å². The van der Waals surface area contributed by atoms with Gasteiger partial charge in [0.05, 0.1) is 23.9 Å². The summed E-state index contributed by atoms with van der Waals surface area (Å²) in [6, 6.07) is 4.79. The van der Waals surface area contributed by atoms with Crippen LogP contribution >= 0.6 is 11.3 Å². The van der Waals surface area contributed by atoms with Crippen LogP contribution in [0.1, 0.15) is 80.8 Å². The van der Waals surface area contributed by atoms with Gasteiger partial charge in [-0.25, -0.2) is 9.78 Å². The van der Waals surface area contributed by atoms with Crippen molar-refractivity contribution >= 4 is 33.7 Å². The monoisotopic (exact) mass is 463 g/mol. The van der Waals surface area contributed by atoms with Crippen LogP contribution in [0.15, 0.2) is 20.7 Å². The normalized spacial score (nSPS) is 12.9. The Bertz CT molecular complexity index is 1070. The summed E-state index contributed by atoms with van der Waals surface area (Å²) >= 11 is 0.937. The van der Waals surface area contributed by atoms with Gasteiger partial charge in [-0.3, -0.25) is 0 Å². The van der Waals surface area contributed by atoms with Crippen LogP contribution in [0, 0.1) is 11.3 Å². The Balaban J connectivity index is 2.47. The van der Waals surface area contributed by atoms with E-state index in [1.165, 1.54) is 13.8 Å². The summed E-state index contributed by atoms with van der Waals surface area (Å²) in [7, 11) is -2.11. The number of aromatic nitrogens is 1. The molecular formula is C21H27N4O4S2-. The molecule has 0 unspecified atom stereocenters. The van der Waals surface area contributed by atoms with E-state index >= 15 is 0 Å². The number of nitrogens with one attached hydrogen (secondary N) is 1. The molecule has 168 valence electrons. The number of amides is 2. The van der Waals surface area contributed by atoms with Gasteiger partial charge in [-0.05, 0) is 53.2 Å². The number of carbonyl (C=O) groups excluding carboxylic acids is 1. The highest BCUT2D eigenvalue weighted by molar-refractivity contribution is 7.78. The second-order valence-electron chi connectivity index (χ2n) is 8.19. The molecule has 3 N–H and O–H groups in total. The third-order valence-corrected chi connectivity index (χ3v) is 7.23. The molecule has 0 radical (unpaired) electrons. The maximum absolute atomic E-state index is 12.7. The molecule has 1 heterocycles. The molecule has 0 aliphatic carbocycles. The van der Waals surface area contributed by atoms with E-state index in [9.17, 15) is 24.5 Å². The van der Waals surface area contributed by atoms with Gasteiger partial charge in [0, 0.05) is 5.69 Å². The van der Waals surface area contributed by atoms with Gasteiger partial charge in [0.2, 0.25) is 0 Å². The Morgan fingerprint density at radius 2 is 1.84 bits per heavy atom. The van der Waals surface area contributed by atoms with Crippen molar-refractivity contribution in [1.29, 1.82) is 5.26 Å². The quantitative estimate of drug-likeness (QED) is 0.530. The van der Waals surface area contributed by atoms with Crippen molar-refractivity contribution < 1.29 is 19.2 Å². The standard InChI is InChI=1S/C21H27N4O4S2/c1-11(2)14-7-13(9-22)8-15(12(3)4)17(14)24-20(27)25-31(29)18-16(10-26)23-19(30-18)21(5,6)28/h7-8,11-12,26,28H,10H2,1-6H3,(H,24,27)/q-1. The first-order chi connectivity index (χ1) is 14.4. The molecule has 0 atom stereocenters. The van der Waals surface area contributed by atoms with E-state index in [1.54, 1.807) is 12.1 Å². The van der Waals surface area contributed by atoms with Crippen molar-refractivity contribution in [2.75, 3.05) is 5.32 Å². The molecule has 0 bridgehead atoms. The molecule has 0 fully saturated rings. The van der Waals surface area contributed by atoms with E-state index in [0.29, 0.717) is 11.3 Å². The smallest absolute Gasteiger partial charge is 0.322 e. The first kappa shape index (κ1) is 24.9. The van der Waals surface area contributed by atoms with E-state index in [0.717, 1.165) is 22.5 Å². The molecule has 2 amide bonds. The highest BCUT2D eigenvalue weighted by Gasteiger charge is 2.22. The molecule has 1 aromatic carbocycles. The van der Waals surface area contributed by atoms with Gasteiger partial charge in [-0.2, -0.15) is 5.26 Å². The number of anilines is 1. The van der Waals surface area contributed by atoms with Crippen LogP contribution in [0.4, 0.5) is 10.5 Å². The van der Waals surface area contributed by atoms with E-state index in [2.05, 4.69) is 20.7 Å². The SMILES string of the molecule is CC(C)c1cc(C#N)cc(C(C)C)c1NC(=O)N=[S-](=O)c1sc(C(C)(C)O)nc1CO. The molecular weight excluding hydrogens is 436 g/mol. The number of nitriles is 1. The molecule has 0 saturated carbocycles. The number of rotatable bonds is 6. The fourth-order valence-electron chi connectivity index (χ4n) is 2.89. The predicted octanol–water partition coefficient (Wildman–Crippen LogP) is 4.72. The number of carbonyl (C=O) groups is 1. The van der Waals surface area contributed by atoms with E-state index < -0.39 is 28.8 Å². The number of hydrogen-bond acceptors (Lipinski definition) is 8. The van der Waals surface area contributed by atoms with Crippen LogP contribution in [-0.4, -0.2) is 21.2 Å². The minimum Gasteiger partial charge on any atom is -0.439 e. The first-order valence-electron chi connectivity index (χ1n) is 9.75. The van der Waals surface area contributed by atoms with Gasteiger partial charge in [-0.1, -0.05) is 27.7 Å². The molecule has 0 aliphatic heterocycles. The average Bonchev–Trinajstić information content (AvgIpc) is 3.12. The molecule has 0 spiro atoms. The summed E-state index contributed by atoms with van der Waals surface area (Å²) in [5.74, 6) is 0.0619. The number of benzene rings is 1. The summed E-state index contributed by atoms with van der Waals surface area (Å²) in [4.78, 5) is 16.7. The molecule has 0 aliphatic rings. The zero-order valence-corrected chi connectivity index (χ0v) is 20.0. The fourth-order valence-corrected chi connectivity index (χ4v) is 4.92. The van der Waals surface area contributed by atoms with Gasteiger partial charge in [0.25, 0.3) is 0 Å². The highest BCUT2D eigenvalue weighted by atomic mass is 32.2. The number of thiazole rings is 1. The number of aliphatic hydroxyl groups is 2. The summed E-state index contributed by atoms with van der Waals surface area (Å²) in [6.45, 7) is 10.4. The Labute approximate surface area is 188 Å². The lowest BCUT2D eigenvalue weighted by atomic mass is 9.90. The second-order valence-corrected chi connectivity index (χ2v) is 10.5. The third-order valence-electron chi connectivity index (χ3n) is 4.46. The topological polar surface area (TPSA) is 136 Å². The van der Waals surface area contributed by atoms with Gasteiger partial charge >= 0.3 is 6.03 Å². The largest absolute Gasteiger partial charge is 0.439 e. The minimum absolute atomic E-state index is 0.0310. The Kier molecular flexibility index (Phi) is 7.94. The Morgan fingerprint density at radius 1 is 1.29 bits per heavy atom. The minimum atomic E-state index is -2.11. The van der Waals surface area contributed by atoms with Crippen molar-refractivity contribution in [2.24, 2.45) is 4.36 Å². The highest BCUT2D eigenvalue weighted by Crippen LogP contribution is 2.34. The van der Waals surface area contributed by atoms with E-state index in [-0.39, 0.29) is 26.7 Å². The van der Waals surface area contributed by atoms with Crippen molar-refractivity contribution in [3.8, 4) is 6.07 Å². The number of urea groups is 1. The van der Waals surface area contributed by atoms with E-state index in [4.69, 9.17) is 0 Å². The lowest BCUT2D eigenvalue weighted by Crippen LogP contribution is -2.14. The van der Waals surface area contributed by atoms with Crippen LogP contribution in [0.3, 0.4) is 0 Å². The molecule has 2 rings (SSSR count). The first-order valence-corrected chi connectivity index (χ1v) is 11.7. The average molecular weight is 464 g/mol. The molecule has 10 heteroatoms. The van der Waals surface area contributed by atoms with Crippen LogP contribution in [0.5, 0.6) is 0 Å². The maximum atomic E-state index is 12.7. The molecule has 31 heavy (non-hydrogen) atoms. The van der Waals surface area contributed by atoms with Gasteiger partial charge in [0.15, 0.2) is 0 Å². The van der Waals surface area contributed by atoms with E-state index in [1.807, 2.05) is 27.7 Å². The van der Waals surface area contributed by atoms with Gasteiger partial charge in [0.1, 0.15) is 10.6 Å². The van der Waals surface area contributed by atoms with Crippen molar-refractivity contribution in [3.05, 3.63) is 39.5 Å². The summed E-state index contributed by atoms with van der Waals surface area (Å²) in [5.41, 5.74) is 1.47. The summed E-state index contributed by atoms with van der Waals surface area (Å²) in [6.07, 6.45) is 0. The van der Waals surface area contributed by atoms with Crippen molar-refractivity contribution in [1.82, 2.24) is 4.98 Å². The van der Waals surface area contributed by atoms with Crippen LogP contribution < -0.4 is 5.32 Å². The number of hydrogen-bond donors (Lipinski definition) is 3. The van der Waals surface area contributed by atoms with Crippen molar-refractivity contribution in [2.45, 2.75) is 69.8 Å². The Morgan fingerprint density at radius 3 is 2.26 bits per heavy atom. The molecule has 1 aromatic heterocycles. The zero-order chi connectivity index (χ0) is 23.5.